The topological polar surface area (TPSA) is 86.3 Å². The summed E-state index contributed by atoms with van der Waals surface area (Å²) in [6.07, 6.45) is 3.23. The van der Waals surface area contributed by atoms with Crippen molar-refractivity contribution in [3.63, 3.8) is 0 Å². The van der Waals surface area contributed by atoms with Gasteiger partial charge in [-0.2, -0.15) is 0 Å². The number of anilines is 1. The molecule has 0 radical (unpaired) electrons. The molecule has 140 valence electrons. The van der Waals surface area contributed by atoms with Crippen LogP contribution in [0.15, 0.2) is 42.7 Å². The van der Waals surface area contributed by atoms with Gasteiger partial charge in [0.2, 0.25) is 0 Å². The van der Waals surface area contributed by atoms with E-state index in [1.807, 2.05) is 17.6 Å². The molecule has 1 aliphatic heterocycles. The fourth-order valence-corrected chi connectivity index (χ4v) is 3.12. The minimum absolute atomic E-state index is 0.0934. The molecule has 1 amide bonds. The van der Waals surface area contributed by atoms with Crippen LogP contribution in [0, 0.1) is 6.57 Å². The lowest BCUT2D eigenvalue weighted by atomic mass is 10.1. The third-order valence-corrected chi connectivity index (χ3v) is 4.51. The molecule has 0 fully saturated rings. The van der Waals surface area contributed by atoms with Crippen LogP contribution in [0.2, 0.25) is 0 Å². The van der Waals surface area contributed by atoms with Crippen LogP contribution in [-0.4, -0.2) is 31.8 Å². The molecule has 2 aromatic heterocycles. The van der Waals surface area contributed by atoms with Gasteiger partial charge >= 0.3 is 0 Å². The lowest BCUT2D eigenvalue weighted by molar-refractivity contribution is 0.101. The van der Waals surface area contributed by atoms with Crippen LogP contribution >= 0.6 is 0 Å². The minimum atomic E-state index is -0.379. The van der Waals surface area contributed by atoms with Crippen LogP contribution < -0.4 is 10.1 Å². The highest BCUT2D eigenvalue weighted by molar-refractivity contribution is 6.06. The molecule has 8 heteroatoms. The number of ether oxygens (including phenoxy) is 1. The molecule has 4 rings (SSSR count). The largest absolute Gasteiger partial charge is 0.490 e. The maximum atomic E-state index is 12.9. The van der Waals surface area contributed by atoms with Gasteiger partial charge in [-0.15, -0.1) is 10.2 Å². The summed E-state index contributed by atoms with van der Waals surface area (Å²) in [6.45, 7) is 9.92. The van der Waals surface area contributed by atoms with Crippen molar-refractivity contribution in [3.8, 4) is 17.3 Å². The van der Waals surface area contributed by atoms with Crippen molar-refractivity contribution in [2.45, 2.75) is 32.4 Å². The van der Waals surface area contributed by atoms with Gasteiger partial charge in [0, 0.05) is 6.54 Å². The number of aromatic nitrogens is 4. The van der Waals surface area contributed by atoms with Crippen molar-refractivity contribution in [1.29, 1.82) is 0 Å². The van der Waals surface area contributed by atoms with Crippen LogP contribution in [0.4, 0.5) is 11.5 Å². The second-order valence-electron chi connectivity index (χ2n) is 6.57. The van der Waals surface area contributed by atoms with Gasteiger partial charge < -0.3 is 14.6 Å². The number of carbonyl (C=O) groups is 1. The lowest BCUT2D eigenvalue weighted by Crippen LogP contribution is -2.19. The third kappa shape index (κ3) is 3.55. The van der Waals surface area contributed by atoms with E-state index in [2.05, 4.69) is 25.3 Å². The minimum Gasteiger partial charge on any atom is -0.490 e. The van der Waals surface area contributed by atoms with E-state index < -0.39 is 0 Å². The summed E-state index contributed by atoms with van der Waals surface area (Å²) < 4.78 is 7.96. The van der Waals surface area contributed by atoms with Crippen LogP contribution in [0.5, 0.6) is 5.75 Å². The number of hydrogen-bond donors (Lipinski definition) is 1. The molecule has 1 atom stereocenters. The number of aryl methyl sites for hydroxylation is 1. The van der Waals surface area contributed by atoms with Gasteiger partial charge in [-0.25, -0.2) is 9.83 Å². The molecule has 1 aromatic carbocycles. The van der Waals surface area contributed by atoms with E-state index in [-0.39, 0.29) is 12.0 Å². The van der Waals surface area contributed by atoms with Gasteiger partial charge in [-0.05, 0) is 44.0 Å². The molecule has 8 nitrogen and oxygen atoms in total. The molecule has 3 aromatic rings. The molecule has 0 spiro atoms. The maximum absolute atomic E-state index is 12.9. The number of amides is 1. The summed E-state index contributed by atoms with van der Waals surface area (Å²) in [5.41, 5.74) is 1.32. The number of rotatable bonds is 0. The molecule has 28 heavy (non-hydrogen) atoms. The zero-order valence-corrected chi connectivity index (χ0v) is 15.3. The Labute approximate surface area is 162 Å². The van der Waals surface area contributed by atoms with E-state index >= 15 is 0 Å². The van der Waals surface area contributed by atoms with Crippen molar-refractivity contribution in [2.24, 2.45) is 0 Å². The highest BCUT2D eigenvalue weighted by Crippen LogP contribution is 2.28. The first kappa shape index (κ1) is 17.7. The summed E-state index contributed by atoms with van der Waals surface area (Å²) in [4.78, 5) is 20.8. The SMILES string of the molecule is [C-]#[N+]c1ccc2c(c1)C(=O)Nc1cccc(n1)-c1nncn1CCC[C@@H](C)O2. The van der Waals surface area contributed by atoms with Crippen LogP contribution in [0.3, 0.4) is 0 Å². The Morgan fingerprint density at radius 3 is 3.07 bits per heavy atom. The normalized spacial score (nSPS) is 16.6. The van der Waals surface area contributed by atoms with Crippen LogP contribution in [0.25, 0.3) is 16.4 Å². The Hall–Kier alpha value is -3.73. The van der Waals surface area contributed by atoms with Gasteiger partial charge in [0.15, 0.2) is 11.5 Å². The van der Waals surface area contributed by atoms with Crippen molar-refractivity contribution in [2.75, 3.05) is 5.32 Å². The van der Waals surface area contributed by atoms with Gasteiger partial charge in [-0.1, -0.05) is 12.1 Å². The highest BCUT2D eigenvalue weighted by atomic mass is 16.5. The van der Waals surface area contributed by atoms with Gasteiger partial charge in [0.25, 0.3) is 5.91 Å². The number of benzene rings is 1. The molecule has 2 bridgehead atoms. The number of nitrogens with one attached hydrogen (secondary N) is 1. The molecule has 0 aliphatic carbocycles. The highest BCUT2D eigenvalue weighted by Gasteiger charge is 2.18. The predicted octanol–water partition coefficient (Wildman–Crippen LogP) is 3.70. The number of nitrogens with zero attached hydrogens (tertiary/aromatic N) is 5. The fraction of sp³-hybridized carbons (Fsp3) is 0.250. The number of fused-ring (bicyclic) bond motifs is 5. The Morgan fingerprint density at radius 2 is 2.21 bits per heavy atom. The van der Waals surface area contributed by atoms with E-state index in [4.69, 9.17) is 11.3 Å². The lowest BCUT2D eigenvalue weighted by Gasteiger charge is -2.18. The molecule has 1 N–H and O–H groups in total. The molecular weight excluding hydrogens is 356 g/mol. The second-order valence-corrected chi connectivity index (χ2v) is 6.57. The van der Waals surface area contributed by atoms with Gasteiger partial charge in [0.05, 0.1) is 18.2 Å². The summed E-state index contributed by atoms with van der Waals surface area (Å²) in [6, 6.07) is 10.2. The molecule has 1 aliphatic rings. The first-order valence-electron chi connectivity index (χ1n) is 8.99. The van der Waals surface area contributed by atoms with Gasteiger partial charge in [0.1, 0.15) is 23.6 Å². The Kier molecular flexibility index (Phi) is 4.72. The fourth-order valence-electron chi connectivity index (χ4n) is 3.12. The summed E-state index contributed by atoms with van der Waals surface area (Å²) in [5, 5.41) is 11.0. The number of carbonyl (C=O) groups excluding carboxylic acids is 1. The van der Waals surface area contributed by atoms with E-state index in [1.54, 1.807) is 30.6 Å². The Bertz CT molecular complexity index is 1070. The predicted molar refractivity (Wildman–Crippen MR) is 103 cm³/mol. The summed E-state index contributed by atoms with van der Waals surface area (Å²) in [7, 11) is 0. The maximum Gasteiger partial charge on any atom is 0.259 e. The molecular formula is C20H18N6O2. The zero-order valence-electron chi connectivity index (χ0n) is 15.3. The zero-order chi connectivity index (χ0) is 19.5. The van der Waals surface area contributed by atoms with Gasteiger partial charge in [-0.3, -0.25) is 4.79 Å². The van der Waals surface area contributed by atoms with E-state index in [9.17, 15) is 4.79 Å². The second kappa shape index (κ2) is 7.48. The standard InChI is InChI=1S/C20H18N6O2/c1-13-5-4-10-26-12-22-25-19(26)16-6-3-7-18(23-16)24-20(27)15-11-14(21-2)8-9-17(15)28-13/h3,6-9,11-13H,4-5,10H2,1H3,(H,23,24,27)/t13-/m1/s1. The molecule has 3 heterocycles. The van der Waals surface area contributed by atoms with Crippen molar-refractivity contribution in [3.05, 3.63) is 59.7 Å². The first-order valence-corrected chi connectivity index (χ1v) is 8.99. The monoisotopic (exact) mass is 374 g/mol. The summed E-state index contributed by atoms with van der Waals surface area (Å²) in [5.74, 6) is 1.12. The quantitative estimate of drug-likeness (QED) is 0.606. The number of pyridine rings is 1. The third-order valence-electron chi connectivity index (χ3n) is 4.51. The molecule has 0 unspecified atom stereocenters. The molecule has 0 saturated carbocycles. The van der Waals surface area contributed by atoms with E-state index in [0.29, 0.717) is 34.3 Å². The smallest absolute Gasteiger partial charge is 0.259 e. The van der Waals surface area contributed by atoms with Crippen LogP contribution in [-0.2, 0) is 6.54 Å². The number of hydrogen-bond acceptors (Lipinski definition) is 5. The Balaban J connectivity index is 1.77. The van der Waals surface area contributed by atoms with Crippen molar-refractivity contribution in [1.82, 2.24) is 19.7 Å². The van der Waals surface area contributed by atoms with E-state index in [0.717, 1.165) is 19.4 Å². The first-order chi connectivity index (χ1) is 13.6. The van der Waals surface area contributed by atoms with Crippen molar-refractivity contribution < 1.29 is 9.53 Å². The summed E-state index contributed by atoms with van der Waals surface area (Å²) >= 11 is 0. The average Bonchev–Trinajstić information content (AvgIpc) is 3.16. The van der Waals surface area contributed by atoms with Crippen LogP contribution in [0.1, 0.15) is 30.1 Å². The Morgan fingerprint density at radius 1 is 1.32 bits per heavy atom. The average molecular weight is 374 g/mol. The van der Waals surface area contributed by atoms with E-state index in [1.165, 1.54) is 6.07 Å². The molecule has 0 saturated heterocycles. The van der Waals surface area contributed by atoms with Crippen molar-refractivity contribution >= 4 is 17.4 Å².